The van der Waals surface area contributed by atoms with Gasteiger partial charge < -0.3 is 4.74 Å². The van der Waals surface area contributed by atoms with Crippen LogP contribution in [0.25, 0.3) is 0 Å². The van der Waals surface area contributed by atoms with Crippen LogP contribution in [0, 0.1) is 58.2 Å². The zero-order valence-corrected chi connectivity index (χ0v) is 17.4. The summed E-state index contributed by atoms with van der Waals surface area (Å²) in [7, 11) is 0. The number of allylic oxidation sites excluding steroid dienone is 1. The molecule has 28 heavy (non-hydrogen) atoms. The van der Waals surface area contributed by atoms with E-state index in [4.69, 9.17) is 4.74 Å². The molecule has 1 saturated heterocycles. The normalized spacial score (nSPS) is 62.9. The second-order valence-corrected chi connectivity index (χ2v) is 12.0. The Morgan fingerprint density at radius 2 is 1.86 bits per heavy atom. The van der Waals surface area contributed by atoms with Crippen molar-refractivity contribution in [3.05, 3.63) is 11.6 Å². The minimum Gasteiger partial charge on any atom is -0.458 e. The van der Waals surface area contributed by atoms with Crippen LogP contribution in [-0.4, -0.2) is 17.4 Å². The fourth-order valence-corrected chi connectivity index (χ4v) is 10.2. The lowest BCUT2D eigenvalue weighted by atomic mass is 9.45. The smallest absolute Gasteiger partial charge is 0.306 e. The molecule has 3 heteroatoms. The molecule has 0 N–H and O–H groups in total. The molecule has 0 amide bonds. The van der Waals surface area contributed by atoms with E-state index in [1.165, 1.54) is 24.8 Å². The van der Waals surface area contributed by atoms with Crippen LogP contribution in [0.1, 0.15) is 65.7 Å². The summed E-state index contributed by atoms with van der Waals surface area (Å²) in [4.78, 5) is 24.5. The molecule has 150 valence electrons. The zero-order chi connectivity index (χ0) is 19.2. The van der Waals surface area contributed by atoms with E-state index in [1.807, 2.05) is 0 Å². The minimum absolute atomic E-state index is 0.0535. The largest absolute Gasteiger partial charge is 0.458 e. The maximum absolute atomic E-state index is 12.3. The number of esters is 1. The Balaban J connectivity index is 1.35. The molecule has 6 aliphatic carbocycles. The summed E-state index contributed by atoms with van der Waals surface area (Å²) >= 11 is 0. The fourth-order valence-electron chi connectivity index (χ4n) is 10.2. The molecule has 3 nitrogen and oxygen atoms in total. The molecule has 0 aromatic heterocycles. The van der Waals surface area contributed by atoms with Crippen molar-refractivity contribution in [3.8, 4) is 0 Å². The SMILES string of the molecule is CC1C2C3[C@H]4C(CC[C@]3(C)[C@]3(CCC(=O)O3)C12)[C@@]1(C)CCC(=O)C=C1[C@@H]1C[C@H]41. The number of ketones is 1. The first kappa shape index (κ1) is 16.7. The standard InChI is InChI=1S/C25H32O3/c1-12-19-21(12)25(9-6-18(27)28-25)24(3)8-5-16-20(22(19)24)15-11-14(15)17-10-13(26)4-7-23(16,17)2/h10,12,14-16,19-22H,4-9,11H2,1-3H3/t12?,14-,15+,16?,19?,20-,21?,22?,23-,24+,25+/m1/s1. The van der Waals surface area contributed by atoms with Crippen LogP contribution in [0.4, 0.5) is 0 Å². The van der Waals surface area contributed by atoms with Gasteiger partial charge >= 0.3 is 5.97 Å². The molecule has 11 atom stereocenters. The Morgan fingerprint density at radius 3 is 2.61 bits per heavy atom. The molecule has 0 aromatic rings. The first-order chi connectivity index (χ1) is 13.3. The second kappa shape index (κ2) is 4.62. The van der Waals surface area contributed by atoms with Crippen LogP contribution in [-0.2, 0) is 14.3 Å². The lowest BCUT2D eigenvalue weighted by Gasteiger charge is -2.60. The van der Waals surface area contributed by atoms with Crippen LogP contribution >= 0.6 is 0 Å². The van der Waals surface area contributed by atoms with Crippen molar-refractivity contribution in [2.45, 2.75) is 71.3 Å². The highest BCUT2D eigenvalue weighted by atomic mass is 16.6. The molecule has 6 fully saturated rings. The third-order valence-electron chi connectivity index (χ3n) is 11.4. The average Bonchev–Trinajstić information content (AvgIpc) is 3.51. The molecule has 7 rings (SSSR count). The quantitative estimate of drug-likeness (QED) is 0.579. The Kier molecular flexibility index (Phi) is 2.75. The van der Waals surface area contributed by atoms with Gasteiger partial charge in [0.1, 0.15) is 5.60 Å². The van der Waals surface area contributed by atoms with E-state index in [0.717, 1.165) is 54.8 Å². The van der Waals surface area contributed by atoms with Crippen LogP contribution in [0.2, 0.25) is 0 Å². The van der Waals surface area contributed by atoms with Crippen molar-refractivity contribution in [1.82, 2.24) is 0 Å². The number of ether oxygens (including phenoxy) is 1. The molecule has 0 aromatic carbocycles. The fraction of sp³-hybridized carbons (Fsp3) is 0.840. The maximum atomic E-state index is 12.3. The van der Waals surface area contributed by atoms with E-state index in [-0.39, 0.29) is 22.4 Å². The van der Waals surface area contributed by atoms with Gasteiger partial charge in [0, 0.05) is 24.2 Å². The average molecular weight is 381 g/mol. The molecule has 1 aliphatic heterocycles. The first-order valence-electron chi connectivity index (χ1n) is 11.8. The molecule has 5 unspecified atom stereocenters. The minimum atomic E-state index is -0.159. The van der Waals surface area contributed by atoms with Gasteiger partial charge in [0.2, 0.25) is 0 Å². The number of carbonyl (C=O) groups excluding carboxylic acids is 2. The summed E-state index contributed by atoms with van der Waals surface area (Å²) in [5.41, 5.74) is 1.79. The van der Waals surface area contributed by atoms with E-state index in [1.54, 1.807) is 0 Å². The summed E-state index contributed by atoms with van der Waals surface area (Å²) in [6, 6.07) is 0. The highest BCUT2D eigenvalue weighted by molar-refractivity contribution is 5.92. The maximum Gasteiger partial charge on any atom is 0.306 e. The lowest BCUT2D eigenvalue weighted by molar-refractivity contribution is -0.179. The number of hydrogen-bond donors (Lipinski definition) is 0. The van der Waals surface area contributed by atoms with E-state index < -0.39 is 0 Å². The van der Waals surface area contributed by atoms with E-state index in [9.17, 15) is 9.59 Å². The highest BCUT2D eigenvalue weighted by Gasteiger charge is 2.83. The van der Waals surface area contributed by atoms with Gasteiger partial charge in [-0.15, -0.1) is 0 Å². The van der Waals surface area contributed by atoms with E-state index in [2.05, 4.69) is 26.8 Å². The van der Waals surface area contributed by atoms with Crippen LogP contribution in [0.5, 0.6) is 0 Å². The van der Waals surface area contributed by atoms with Gasteiger partial charge in [-0.2, -0.15) is 0 Å². The van der Waals surface area contributed by atoms with Crippen molar-refractivity contribution >= 4 is 11.8 Å². The molecular formula is C25H32O3. The Hall–Kier alpha value is -1.12. The summed E-state index contributed by atoms with van der Waals surface area (Å²) in [6.07, 6.45) is 9.24. The summed E-state index contributed by atoms with van der Waals surface area (Å²) in [5, 5.41) is 0. The summed E-state index contributed by atoms with van der Waals surface area (Å²) < 4.78 is 6.29. The van der Waals surface area contributed by atoms with Gasteiger partial charge in [0.15, 0.2) is 5.78 Å². The molecule has 7 aliphatic rings. The van der Waals surface area contributed by atoms with Crippen molar-refractivity contribution in [3.63, 3.8) is 0 Å². The summed E-state index contributed by atoms with van der Waals surface area (Å²) in [5.74, 6) is 6.23. The number of hydrogen-bond acceptors (Lipinski definition) is 3. The van der Waals surface area contributed by atoms with Crippen molar-refractivity contribution in [2.75, 3.05) is 0 Å². The molecule has 0 bridgehead atoms. The lowest BCUT2D eigenvalue weighted by Crippen LogP contribution is -2.58. The number of rotatable bonds is 0. The van der Waals surface area contributed by atoms with Crippen LogP contribution < -0.4 is 0 Å². The topological polar surface area (TPSA) is 43.4 Å². The van der Waals surface area contributed by atoms with Crippen molar-refractivity contribution in [1.29, 1.82) is 0 Å². The monoisotopic (exact) mass is 380 g/mol. The first-order valence-corrected chi connectivity index (χ1v) is 11.8. The summed E-state index contributed by atoms with van der Waals surface area (Å²) in [6.45, 7) is 7.42. The highest BCUT2D eigenvalue weighted by Crippen LogP contribution is 2.83. The van der Waals surface area contributed by atoms with E-state index in [0.29, 0.717) is 24.0 Å². The number of fused-ring (bicyclic) bond motifs is 12. The van der Waals surface area contributed by atoms with Gasteiger partial charge in [-0.25, -0.2) is 0 Å². The predicted octanol–water partition coefficient (Wildman–Crippen LogP) is 4.55. The third-order valence-corrected chi connectivity index (χ3v) is 11.4. The molecule has 1 heterocycles. The Bertz CT molecular complexity index is 858. The van der Waals surface area contributed by atoms with Crippen LogP contribution in [0.3, 0.4) is 0 Å². The second-order valence-electron chi connectivity index (χ2n) is 12.0. The molecule has 5 saturated carbocycles. The van der Waals surface area contributed by atoms with Crippen LogP contribution in [0.15, 0.2) is 11.6 Å². The van der Waals surface area contributed by atoms with Gasteiger partial charge in [-0.3, -0.25) is 9.59 Å². The predicted molar refractivity (Wildman–Crippen MR) is 104 cm³/mol. The molecule has 0 radical (unpaired) electrons. The molecule has 1 spiro atoms. The van der Waals surface area contributed by atoms with Gasteiger partial charge in [0.25, 0.3) is 0 Å². The van der Waals surface area contributed by atoms with E-state index >= 15 is 0 Å². The number of carbonyl (C=O) groups is 2. The van der Waals surface area contributed by atoms with Gasteiger partial charge in [-0.1, -0.05) is 26.3 Å². The Morgan fingerprint density at radius 1 is 1.04 bits per heavy atom. The third kappa shape index (κ3) is 1.58. The Labute approximate surface area is 167 Å². The van der Waals surface area contributed by atoms with Gasteiger partial charge in [0.05, 0.1) is 0 Å². The van der Waals surface area contributed by atoms with Gasteiger partial charge in [-0.05, 0) is 85.0 Å². The zero-order valence-electron chi connectivity index (χ0n) is 17.4. The van der Waals surface area contributed by atoms with Crippen molar-refractivity contribution in [2.24, 2.45) is 58.2 Å². The van der Waals surface area contributed by atoms with Crippen molar-refractivity contribution < 1.29 is 14.3 Å². The molecular weight excluding hydrogens is 348 g/mol.